The summed E-state index contributed by atoms with van der Waals surface area (Å²) in [7, 11) is 0. The molecule has 100 valence electrons. The molecule has 0 bridgehead atoms. The largest absolute Gasteiger partial charge is 0.323 e. The molecule has 0 fully saturated rings. The summed E-state index contributed by atoms with van der Waals surface area (Å²) in [6, 6.07) is 10.7. The number of aromatic nitrogens is 1. The van der Waals surface area contributed by atoms with Crippen LogP contribution in [0.25, 0.3) is 0 Å². The number of carbonyl (C=O) groups is 1. The SMILES string of the molecule is C#CCN(Cc1ccccc1Cl)C(=O)c1ccncc1. The molecular weight excluding hydrogens is 272 g/mol. The van der Waals surface area contributed by atoms with Gasteiger partial charge in [0.2, 0.25) is 0 Å². The van der Waals surface area contributed by atoms with Gasteiger partial charge in [-0.15, -0.1) is 6.42 Å². The van der Waals surface area contributed by atoms with Gasteiger partial charge in [-0.1, -0.05) is 35.7 Å². The van der Waals surface area contributed by atoms with Gasteiger partial charge < -0.3 is 4.90 Å². The minimum Gasteiger partial charge on any atom is -0.323 e. The molecule has 3 nitrogen and oxygen atoms in total. The number of rotatable bonds is 4. The van der Waals surface area contributed by atoms with Crippen molar-refractivity contribution in [1.82, 2.24) is 9.88 Å². The zero-order chi connectivity index (χ0) is 14.4. The number of terminal acetylenes is 1. The maximum absolute atomic E-state index is 12.4. The number of hydrogen-bond donors (Lipinski definition) is 0. The van der Waals surface area contributed by atoms with E-state index < -0.39 is 0 Å². The molecule has 0 saturated carbocycles. The van der Waals surface area contributed by atoms with E-state index in [1.807, 2.05) is 18.2 Å². The number of amides is 1. The van der Waals surface area contributed by atoms with Crippen molar-refractivity contribution in [1.29, 1.82) is 0 Å². The van der Waals surface area contributed by atoms with Crippen molar-refractivity contribution in [2.45, 2.75) is 6.54 Å². The molecule has 0 N–H and O–H groups in total. The first kappa shape index (κ1) is 14.1. The molecule has 1 amide bonds. The highest BCUT2D eigenvalue weighted by molar-refractivity contribution is 6.31. The average molecular weight is 285 g/mol. The highest BCUT2D eigenvalue weighted by Crippen LogP contribution is 2.18. The summed E-state index contributed by atoms with van der Waals surface area (Å²) in [6.45, 7) is 0.609. The molecule has 0 saturated heterocycles. The molecule has 1 heterocycles. The van der Waals surface area contributed by atoms with E-state index in [2.05, 4.69) is 10.9 Å². The van der Waals surface area contributed by atoms with Gasteiger partial charge in [-0.3, -0.25) is 9.78 Å². The molecule has 2 aromatic rings. The fourth-order valence-corrected chi connectivity index (χ4v) is 2.01. The summed E-state index contributed by atoms with van der Waals surface area (Å²) in [6.07, 6.45) is 8.51. The van der Waals surface area contributed by atoms with E-state index in [1.165, 1.54) is 0 Å². The van der Waals surface area contributed by atoms with Gasteiger partial charge in [-0.2, -0.15) is 0 Å². The topological polar surface area (TPSA) is 33.2 Å². The smallest absolute Gasteiger partial charge is 0.255 e. The third-order valence-corrected chi connectivity index (χ3v) is 3.18. The second-order valence-corrected chi connectivity index (χ2v) is 4.60. The Labute approximate surface area is 123 Å². The summed E-state index contributed by atoms with van der Waals surface area (Å²) in [4.78, 5) is 17.9. The summed E-state index contributed by atoms with van der Waals surface area (Å²) < 4.78 is 0. The maximum Gasteiger partial charge on any atom is 0.255 e. The summed E-state index contributed by atoms with van der Waals surface area (Å²) in [5, 5.41) is 0.622. The minimum absolute atomic E-state index is 0.134. The number of nitrogens with zero attached hydrogens (tertiary/aromatic N) is 2. The molecule has 0 radical (unpaired) electrons. The Bertz CT molecular complexity index is 634. The lowest BCUT2D eigenvalue weighted by molar-refractivity contribution is 0.0765. The van der Waals surface area contributed by atoms with Crippen molar-refractivity contribution in [2.75, 3.05) is 6.54 Å². The predicted octanol–water partition coefficient (Wildman–Crippen LogP) is 3.01. The molecule has 1 aromatic heterocycles. The Hall–Kier alpha value is -2.31. The molecule has 1 aromatic carbocycles. The van der Waals surface area contributed by atoms with Crippen LogP contribution in [-0.2, 0) is 6.54 Å². The summed E-state index contributed by atoms with van der Waals surface area (Å²) in [5.41, 5.74) is 1.43. The Balaban J connectivity index is 2.22. The number of carbonyl (C=O) groups excluding carboxylic acids is 1. The van der Waals surface area contributed by atoms with Crippen LogP contribution in [0.1, 0.15) is 15.9 Å². The first-order valence-corrected chi connectivity index (χ1v) is 6.46. The first-order chi connectivity index (χ1) is 9.72. The lowest BCUT2D eigenvalue weighted by atomic mass is 10.2. The van der Waals surface area contributed by atoms with E-state index in [9.17, 15) is 4.79 Å². The van der Waals surface area contributed by atoms with Gasteiger partial charge in [0.15, 0.2) is 0 Å². The van der Waals surface area contributed by atoms with Crippen molar-refractivity contribution in [2.24, 2.45) is 0 Å². The molecular formula is C16H13ClN2O. The second-order valence-electron chi connectivity index (χ2n) is 4.19. The summed E-state index contributed by atoms with van der Waals surface area (Å²) in [5.74, 6) is 2.37. The molecule has 2 rings (SSSR count). The molecule has 0 spiro atoms. The van der Waals surface area contributed by atoms with Crippen molar-refractivity contribution in [3.8, 4) is 12.3 Å². The van der Waals surface area contributed by atoms with E-state index in [4.69, 9.17) is 18.0 Å². The molecule has 0 aliphatic rings. The Morgan fingerprint density at radius 2 is 1.95 bits per heavy atom. The summed E-state index contributed by atoms with van der Waals surface area (Å²) >= 11 is 6.12. The Kier molecular flexibility index (Phi) is 4.75. The van der Waals surface area contributed by atoms with Gasteiger partial charge >= 0.3 is 0 Å². The van der Waals surface area contributed by atoms with Crippen LogP contribution in [0.3, 0.4) is 0 Å². The monoisotopic (exact) mass is 284 g/mol. The van der Waals surface area contributed by atoms with Gasteiger partial charge in [-0.05, 0) is 23.8 Å². The van der Waals surface area contributed by atoms with E-state index >= 15 is 0 Å². The van der Waals surface area contributed by atoms with Crippen LogP contribution in [0.2, 0.25) is 5.02 Å². The molecule has 0 aliphatic carbocycles. The van der Waals surface area contributed by atoms with Crippen LogP contribution in [0.4, 0.5) is 0 Å². The van der Waals surface area contributed by atoms with Crippen LogP contribution >= 0.6 is 11.6 Å². The lowest BCUT2D eigenvalue weighted by Crippen LogP contribution is -2.31. The first-order valence-electron chi connectivity index (χ1n) is 6.08. The van der Waals surface area contributed by atoms with E-state index in [0.29, 0.717) is 17.1 Å². The van der Waals surface area contributed by atoms with Crippen LogP contribution in [0.5, 0.6) is 0 Å². The standard InChI is InChI=1S/C16H13ClN2O/c1-2-11-19(12-14-5-3-4-6-15(14)17)16(20)13-7-9-18-10-8-13/h1,3-10H,11-12H2. The number of hydrogen-bond acceptors (Lipinski definition) is 2. The quantitative estimate of drug-likeness (QED) is 0.809. The predicted molar refractivity (Wildman–Crippen MR) is 79.3 cm³/mol. The number of benzene rings is 1. The Morgan fingerprint density at radius 3 is 2.60 bits per heavy atom. The number of halogens is 1. The molecule has 0 aliphatic heterocycles. The third-order valence-electron chi connectivity index (χ3n) is 2.82. The van der Waals surface area contributed by atoms with Crippen molar-refractivity contribution in [3.63, 3.8) is 0 Å². The van der Waals surface area contributed by atoms with Crippen molar-refractivity contribution < 1.29 is 4.79 Å². The third kappa shape index (κ3) is 3.37. The zero-order valence-electron chi connectivity index (χ0n) is 10.8. The molecule has 4 heteroatoms. The average Bonchev–Trinajstić information content (AvgIpc) is 2.49. The molecule has 0 unspecified atom stereocenters. The van der Waals surface area contributed by atoms with Gasteiger partial charge in [0, 0.05) is 29.5 Å². The van der Waals surface area contributed by atoms with Crippen molar-refractivity contribution in [3.05, 3.63) is 64.9 Å². The van der Waals surface area contributed by atoms with Crippen LogP contribution in [0.15, 0.2) is 48.8 Å². The van der Waals surface area contributed by atoms with Crippen molar-refractivity contribution >= 4 is 17.5 Å². The van der Waals surface area contributed by atoms with Gasteiger partial charge in [0.1, 0.15) is 0 Å². The van der Waals surface area contributed by atoms with E-state index in [-0.39, 0.29) is 12.5 Å². The normalized spacial score (nSPS) is 9.80. The van der Waals surface area contributed by atoms with Crippen LogP contribution < -0.4 is 0 Å². The lowest BCUT2D eigenvalue weighted by Gasteiger charge is -2.21. The zero-order valence-corrected chi connectivity index (χ0v) is 11.5. The number of pyridine rings is 1. The fourth-order valence-electron chi connectivity index (χ4n) is 1.82. The van der Waals surface area contributed by atoms with E-state index in [0.717, 1.165) is 5.56 Å². The van der Waals surface area contributed by atoms with Gasteiger partial charge in [0.05, 0.1) is 6.54 Å². The second kappa shape index (κ2) is 6.74. The minimum atomic E-state index is -0.134. The van der Waals surface area contributed by atoms with Crippen LogP contribution in [0, 0.1) is 12.3 Å². The molecule has 0 atom stereocenters. The highest BCUT2D eigenvalue weighted by Gasteiger charge is 2.16. The highest BCUT2D eigenvalue weighted by atomic mass is 35.5. The molecule has 20 heavy (non-hydrogen) atoms. The van der Waals surface area contributed by atoms with E-state index in [1.54, 1.807) is 35.5 Å². The fraction of sp³-hybridized carbons (Fsp3) is 0.125. The van der Waals surface area contributed by atoms with Gasteiger partial charge in [-0.25, -0.2) is 0 Å². The Morgan fingerprint density at radius 1 is 1.25 bits per heavy atom. The van der Waals surface area contributed by atoms with Crippen LogP contribution in [-0.4, -0.2) is 22.3 Å². The maximum atomic E-state index is 12.4. The van der Waals surface area contributed by atoms with Gasteiger partial charge in [0.25, 0.3) is 5.91 Å².